The third-order valence-electron chi connectivity index (χ3n) is 2.63. The summed E-state index contributed by atoms with van der Waals surface area (Å²) in [6.07, 6.45) is 6.63. The maximum absolute atomic E-state index is 10.8. The standard InChI is InChI=1S/C10H11NO2/c12-10(13)8-4-5-11-6-9(8)7-2-1-3-7/h4-7H,1-3H2,(H,12,13). The zero-order valence-corrected chi connectivity index (χ0v) is 7.23. The molecule has 0 saturated heterocycles. The molecule has 0 amide bonds. The Morgan fingerprint density at radius 2 is 2.31 bits per heavy atom. The summed E-state index contributed by atoms with van der Waals surface area (Å²) >= 11 is 0. The molecule has 3 nitrogen and oxygen atoms in total. The highest BCUT2D eigenvalue weighted by atomic mass is 16.4. The topological polar surface area (TPSA) is 50.2 Å². The number of carboxylic acids is 1. The van der Waals surface area contributed by atoms with Crippen LogP contribution in [-0.2, 0) is 0 Å². The first-order chi connectivity index (χ1) is 6.29. The molecule has 0 atom stereocenters. The van der Waals surface area contributed by atoms with E-state index in [0.29, 0.717) is 11.5 Å². The van der Waals surface area contributed by atoms with Gasteiger partial charge in [-0.2, -0.15) is 0 Å². The van der Waals surface area contributed by atoms with E-state index in [9.17, 15) is 4.79 Å². The highest BCUT2D eigenvalue weighted by Gasteiger charge is 2.24. The first-order valence-corrected chi connectivity index (χ1v) is 4.46. The summed E-state index contributed by atoms with van der Waals surface area (Å²) in [5.74, 6) is -0.413. The van der Waals surface area contributed by atoms with Crippen molar-refractivity contribution in [2.75, 3.05) is 0 Å². The molecule has 0 aliphatic heterocycles. The fourth-order valence-corrected chi connectivity index (χ4v) is 1.65. The molecule has 3 heteroatoms. The normalized spacial score (nSPS) is 16.6. The second-order valence-corrected chi connectivity index (χ2v) is 3.40. The van der Waals surface area contributed by atoms with Gasteiger partial charge in [-0.1, -0.05) is 6.42 Å². The summed E-state index contributed by atoms with van der Waals surface area (Å²) in [4.78, 5) is 14.8. The van der Waals surface area contributed by atoms with Crippen LogP contribution in [0.4, 0.5) is 0 Å². The second-order valence-electron chi connectivity index (χ2n) is 3.40. The Labute approximate surface area is 76.4 Å². The average molecular weight is 177 g/mol. The van der Waals surface area contributed by atoms with Gasteiger partial charge in [0.25, 0.3) is 0 Å². The van der Waals surface area contributed by atoms with E-state index >= 15 is 0 Å². The quantitative estimate of drug-likeness (QED) is 0.752. The molecule has 1 aliphatic carbocycles. The SMILES string of the molecule is O=C(O)c1ccncc1C1CCC1. The number of hydrogen-bond acceptors (Lipinski definition) is 2. The van der Waals surface area contributed by atoms with E-state index in [4.69, 9.17) is 5.11 Å². The van der Waals surface area contributed by atoms with Crippen LogP contribution in [0.3, 0.4) is 0 Å². The molecule has 13 heavy (non-hydrogen) atoms. The maximum atomic E-state index is 10.8. The minimum Gasteiger partial charge on any atom is -0.478 e. The summed E-state index contributed by atoms with van der Waals surface area (Å²) in [5, 5.41) is 8.91. The van der Waals surface area contributed by atoms with Gasteiger partial charge in [-0.25, -0.2) is 4.79 Å². The Hall–Kier alpha value is -1.38. The Morgan fingerprint density at radius 3 is 2.85 bits per heavy atom. The predicted octanol–water partition coefficient (Wildman–Crippen LogP) is 2.05. The van der Waals surface area contributed by atoms with Crippen LogP contribution in [-0.4, -0.2) is 16.1 Å². The van der Waals surface area contributed by atoms with Crippen LogP contribution in [0.1, 0.15) is 41.1 Å². The molecular formula is C10H11NO2. The van der Waals surface area contributed by atoms with Gasteiger partial charge in [-0.15, -0.1) is 0 Å². The van der Waals surface area contributed by atoms with Crippen molar-refractivity contribution in [3.8, 4) is 0 Å². The number of hydrogen-bond donors (Lipinski definition) is 1. The monoisotopic (exact) mass is 177 g/mol. The van der Waals surface area contributed by atoms with E-state index in [-0.39, 0.29) is 0 Å². The molecule has 0 unspecified atom stereocenters. The van der Waals surface area contributed by atoms with Gasteiger partial charge < -0.3 is 5.11 Å². The van der Waals surface area contributed by atoms with Crippen LogP contribution < -0.4 is 0 Å². The Balaban J connectivity index is 2.36. The first kappa shape index (κ1) is 8.23. The van der Waals surface area contributed by atoms with Crippen molar-refractivity contribution in [2.24, 2.45) is 0 Å². The average Bonchev–Trinajstić information content (AvgIpc) is 2.02. The van der Waals surface area contributed by atoms with Crippen LogP contribution in [0.5, 0.6) is 0 Å². The Morgan fingerprint density at radius 1 is 1.54 bits per heavy atom. The van der Waals surface area contributed by atoms with Crippen LogP contribution in [0, 0.1) is 0 Å². The lowest BCUT2D eigenvalue weighted by atomic mass is 9.79. The van der Waals surface area contributed by atoms with Crippen LogP contribution in [0.15, 0.2) is 18.5 Å². The number of pyridine rings is 1. The van der Waals surface area contributed by atoms with Crippen molar-refractivity contribution in [1.82, 2.24) is 4.98 Å². The molecule has 2 rings (SSSR count). The number of aromatic carboxylic acids is 1. The second kappa shape index (κ2) is 3.17. The summed E-state index contributed by atoms with van der Waals surface area (Å²) in [6, 6.07) is 1.58. The number of carbonyl (C=O) groups is 1. The minimum atomic E-state index is -0.843. The molecule has 1 aliphatic rings. The van der Waals surface area contributed by atoms with Gasteiger partial charge in [-0.3, -0.25) is 4.98 Å². The molecule has 0 spiro atoms. The number of rotatable bonds is 2. The van der Waals surface area contributed by atoms with E-state index in [1.807, 2.05) is 0 Å². The number of aromatic nitrogens is 1. The van der Waals surface area contributed by atoms with Crippen molar-refractivity contribution in [1.29, 1.82) is 0 Å². The lowest BCUT2D eigenvalue weighted by molar-refractivity contribution is 0.0694. The molecule has 1 aromatic rings. The predicted molar refractivity (Wildman–Crippen MR) is 47.8 cm³/mol. The van der Waals surface area contributed by atoms with Crippen molar-refractivity contribution >= 4 is 5.97 Å². The molecule has 1 saturated carbocycles. The largest absolute Gasteiger partial charge is 0.478 e. The molecule has 0 bridgehead atoms. The van der Waals surface area contributed by atoms with Crippen molar-refractivity contribution in [3.05, 3.63) is 29.6 Å². The summed E-state index contributed by atoms with van der Waals surface area (Å²) in [7, 11) is 0. The van der Waals surface area contributed by atoms with E-state index in [1.165, 1.54) is 12.6 Å². The zero-order valence-electron chi connectivity index (χ0n) is 7.23. The molecule has 1 N–H and O–H groups in total. The summed E-state index contributed by atoms with van der Waals surface area (Å²) in [6.45, 7) is 0. The van der Waals surface area contributed by atoms with Gasteiger partial charge in [0.2, 0.25) is 0 Å². The summed E-state index contributed by atoms with van der Waals surface area (Å²) in [5.41, 5.74) is 1.32. The number of nitrogens with zero attached hydrogens (tertiary/aromatic N) is 1. The smallest absolute Gasteiger partial charge is 0.336 e. The van der Waals surface area contributed by atoms with Crippen molar-refractivity contribution in [3.63, 3.8) is 0 Å². The number of carboxylic acid groups (broad SMARTS) is 1. The third kappa shape index (κ3) is 1.41. The van der Waals surface area contributed by atoms with E-state index in [2.05, 4.69) is 4.98 Å². The molecular weight excluding hydrogens is 166 g/mol. The van der Waals surface area contributed by atoms with Gasteiger partial charge in [0.15, 0.2) is 0 Å². The van der Waals surface area contributed by atoms with Gasteiger partial charge >= 0.3 is 5.97 Å². The van der Waals surface area contributed by atoms with Crippen molar-refractivity contribution < 1.29 is 9.90 Å². The van der Waals surface area contributed by atoms with Gasteiger partial charge in [-0.05, 0) is 30.4 Å². The van der Waals surface area contributed by atoms with Gasteiger partial charge in [0.1, 0.15) is 0 Å². The van der Waals surface area contributed by atoms with Crippen molar-refractivity contribution in [2.45, 2.75) is 25.2 Å². The van der Waals surface area contributed by atoms with Crippen LogP contribution >= 0.6 is 0 Å². The van der Waals surface area contributed by atoms with E-state index < -0.39 is 5.97 Å². The van der Waals surface area contributed by atoms with Crippen LogP contribution in [0.2, 0.25) is 0 Å². The highest BCUT2D eigenvalue weighted by Crippen LogP contribution is 2.37. The van der Waals surface area contributed by atoms with Gasteiger partial charge in [0, 0.05) is 12.4 Å². The fraction of sp³-hybridized carbons (Fsp3) is 0.400. The lowest BCUT2D eigenvalue weighted by Crippen LogP contribution is -2.13. The Bertz CT molecular complexity index is 331. The summed E-state index contributed by atoms with van der Waals surface area (Å²) < 4.78 is 0. The van der Waals surface area contributed by atoms with Gasteiger partial charge in [0.05, 0.1) is 5.56 Å². The maximum Gasteiger partial charge on any atom is 0.336 e. The lowest BCUT2D eigenvalue weighted by Gasteiger charge is -2.26. The molecule has 68 valence electrons. The van der Waals surface area contributed by atoms with E-state index in [0.717, 1.165) is 18.4 Å². The first-order valence-electron chi connectivity index (χ1n) is 4.46. The third-order valence-corrected chi connectivity index (χ3v) is 2.63. The molecule has 0 aromatic carbocycles. The molecule has 1 heterocycles. The Kier molecular flexibility index (Phi) is 2.00. The fourth-order valence-electron chi connectivity index (χ4n) is 1.65. The minimum absolute atomic E-state index is 0.416. The highest BCUT2D eigenvalue weighted by molar-refractivity contribution is 5.89. The van der Waals surface area contributed by atoms with Crippen LogP contribution in [0.25, 0.3) is 0 Å². The molecule has 1 aromatic heterocycles. The molecule has 0 radical (unpaired) electrons. The van der Waals surface area contributed by atoms with E-state index in [1.54, 1.807) is 12.3 Å². The zero-order chi connectivity index (χ0) is 9.26. The molecule has 1 fully saturated rings.